The van der Waals surface area contributed by atoms with Gasteiger partial charge in [0.15, 0.2) is 12.1 Å². The highest BCUT2D eigenvalue weighted by molar-refractivity contribution is 6.12. The topological polar surface area (TPSA) is 148 Å². The molecule has 1 atom stereocenters. The highest BCUT2D eigenvalue weighted by Gasteiger charge is 2.41. The first kappa shape index (κ1) is 22.4. The van der Waals surface area contributed by atoms with Gasteiger partial charge in [-0.15, -0.1) is 5.10 Å². The summed E-state index contributed by atoms with van der Waals surface area (Å²) in [5.41, 5.74) is 4.06. The van der Waals surface area contributed by atoms with Crippen molar-refractivity contribution in [3.8, 4) is 11.4 Å². The van der Waals surface area contributed by atoms with Crippen molar-refractivity contribution in [1.82, 2.24) is 29.5 Å². The number of primary amides is 1. The summed E-state index contributed by atoms with van der Waals surface area (Å²) in [7, 11) is 0. The SMILES string of the molecule is C=C1C(=O)N(CC(N)=O)C(=O)N1CC(O)n1cnc(-c2cc(C3CC3)nc(C(F)(F)F)c2)n1. The largest absolute Gasteiger partial charge is 0.433 e. The number of alkyl halides is 3. The number of nitrogens with zero attached hydrogens (tertiary/aromatic N) is 6. The van der Waals surface area contributed by atoms with Gasteiger partial charge in [-0.05, 0) is 25.0 Å². The van der Waals surface area contributed by atoms with Gasteiger partial charge in [-0.2, -0.15) is 13.2 Å². The summed E-state index contributed by atoms with van der Waals surface area (Å²) in [6, 6.07) is 1.40. The van der Waals surface area contributed by atoms with Gasteiger partial charge in [0.2, 0.25) is 5.91 Å². The van der Waals surface area contributed by atoms with Crippen LogP contribution in [0.4, 0.5) is 18.0 Å². The van der Waals surface area contributed by atoms with E-state index in [-0.39, 0.29) is 23.0 Å². The molecule has 174 valence electrons. The standard InChI is InChI=1S/C19H18F3N7O4/c1-9-17(32)28(6-14(23)30)18(33)27(9)7-15(31)29-8-24-16(26-29)11-4-12(10-2-3-10)25-13(5-11)19(20,21)22/h4-5,8,10,15,31H,1-3,6-7H2,(H2,23,30). The van der Waals surface area contributed by atoms with Crippen molar-refractivity contribution in [2.75, 3.05) is 13.1 Å². The zero-order valence-corrected chi connectivity index (χ0v) is 17.0. The minimum atomic E-state index is -4.65. The van der Waals surface area contributed by atoms with Gasteiger partial charge >= 0.3 is 12.2 Å². The van der Waals surface area contributed by atoms with Gasteiger partial charge in [-0.3, -0.25) is 14.5 Å². The van der Waals surface area contributed by atoms with Crippen LogP contribution in [0.25, 0.3) is 11.4 Å². The summed E-state index contributed by atoms with van der Waals surface area (Å²) in [4.78, 5) is 44.7. The Bertz CT molecular complexity index is 1160. The molecule has 1 aliphatic heterocycles. The molecule has 0 spiro atoms. The van der Waals surface area contributed by atoms with Crippen LogP contribution in [-0.4, -0.2) is 65.6 Å². The summed E-state index contributed by atoms with van der Waals surface area (Å²) in [6.07, 6.45) is -3.60. The molecule has 2 aliphatic rings. The van der Waals surface area contributed by atoms with E-state index in [0.29, 0.717) is 10.6 Å². The maximum Gasteiger partial charge on any atom is 0.433 e. The highest BCUT2D eigenvalue weighted by Crippen LogP contribution is 2.41. The zero-order chi connectivity index (χ0) is 24.1. The van der Waals surface area contributed by atoms with Gasteiger partial charge in [0, 0.05) is 17.2 Å². The molecule has 3 N–H and O–H groups in total. The molecule has 3 heterocycles. The number of carbonyl (C=O) groups is 3. The van der Waals surface area contributed by atoms with Crippen LogP contribution < -0.4 is 5.73 Å². The van der Waals surface area contributed by atoms with Crippen LogP contribution >= 0.6 is 0 Å². The number of imide groups is 1. The summed E-state index contributed by atoms with van der Waals surface area (Å²) < 4.78 is 40.7. The van der Waals surface area contributed by atoms with Gasteiger partial charge in [0.25, 0.3) is 5.91 Å². The molecule has 1 saturated carbocycles. The van der Waals surface area contributed by atoms with Crippen molar-refractivity contribution < 1.29 is 32.7 Å². The van der Waals surface area contributed by atoms with Gasteiger partial charge in [-0.25, -0.2) is 24.3 Å². The number of amides is 4. The van der Waals surface area contributed by atoms with Crippen LogP contribution in [0, 0.1) is 0 Å². The van der Waals surface area contributed by atoms with Gasteiger partial charge < -0.3 is 10.8 Å². The first-order chi connectivity index (χ1) is 15.5. The fourth-order valence-electron chi connectivity index (χ4n) is 3.31. The number of carbonyl (C=O) groups excluding carboxylic acids is 3. The minimum Gasteiger partial charge on any atom is -0.370 e. The van der Waals surface area contributed by atoms with E-state index in [4.69, 9.17) is 5.73 Å². The Balaban J connectivity index is 1.55. The van der Waals surface area contributed by atoms with Crippen molar-refractivity contribution in [2.24, 2.45) is 5.73 Å². The maximum atomic E-state index is 13.3. The molecular formula is C19H18F3N7O4. The Labute approximate surface area is 184 Å². The van der Waals surface area contributed by atoms with E-state index in [1.54, 1.807) is 0 Å². The Morgan fingerprint density at radius 1 is 1.27 bits per heavy atom. The fraction of sp³-hybridized carbons (Fsp3) is 0.368. The second-order valence-electron chi connectivity index (χ2n) is 7.66. The Morgan fingerprint density at radius 3 is 2.58 bits per heavy atom. The van der Waals surface area contributed by atoms with E-state index in [1.165, 1.54) is 6.07 Å². The third-order valence-corrected chi connectivity index (χ3v) is 5.14. The summed E-state index contributed by atoms with van der Waals surface area (Å²) in [5, 5.41) is 14.5. The third kappa shape index (κ3) is 4.41. The van der Waals surface area contributed by atoms with E-state index < -0.39 is 49.0 Å². The van der Waals surface area contributed by atoms with Crippen LogP contribution in [-0.2, 0) is 15.8 Å². The molecule has 2 aromatic heterocycles. The minimum absolute atomic E-state index is 0.0493. The molecule has 0 aromatic carbocycles. The molecule has 1 saturated heterocycles. The van der Waals surface area contributed by atoms with Gasteiger partial charge in [0.05, 0.1) is 6.54 Å². The van der Waals surface area contributed by atoms with Crippen LogP contribution in [0.15, 0.2) is 30.7 Å². The van der Waals surface area contributed by atoms with Crippen LogP contribution in [0.5, 0.6) is 0 Å². The second-order valence-corrected chi connectivity index (χ2v) is 7.66. The molecule has 0 radical (unpaired) electrons. The van der Waals surface area contributed by atoms with Crippen molar-refractivity contribution in [1.29, 1.82) is 0 Å². The van der Waals surface area contributed by atoms with Crippen LogP contribution in [0.1, 0.15) is 36.4 Å². The normalized spacial score (nSPS) is 17.8. The van der Waals surface area contributed by atoms with Crippen molar-refractivity contribution >= 4 is 17.8 Å². The number of rotatable bonds is 7. The van der Waals surface area contributed by atoms with Crippen molar-refractivity contribution in [3.05, 3.63) is 42.1 Å². The summed E-state index contributed by atoms with van der Waals surface area (Å²) >= 11 is 0. The molecule has 2 fully saturated rings. The Kier molecular flexibility index (Phi) is 5.40. The number of aromatic nitrogens is 4. The van der Waals surface area contributed by atoms with E-state index in [9.17, 15) is 32.7 Å². The predicted molar refractivity (Wildman–Crippen MR) is 104 cm³/mol. The predicted octanol–water partition coefficient (Wildman–Crippen LogP) is 0.990. The average Bonchev–Trinajstić information content (AvgIpc) is 3.45. The third-order valence-electron chi connectivity index (χ3n) is 5.14. The highest BCUT2D eigenvalue weighted by atomic mass is 19.4. The quantitative estimate of drug-likeness (QED) is 0.458. The maximum absolute atomic E-state index is 13.3. The number of aliphatic hydroxyl groups excluding tert-OH is 1. The number of aliphatic hydroxyl groups is 1. The average molecular weight is 465 g/mol. The van der Waals surface area contributed by atoms with E-state index >= 15 is 0 Å². The van der Waals surface area contributed by atoms with Gasteiger partial charge in [0.1, 0.15) is 24.3 Å². The number of pyridine rings is 1. The molecule has 4 rings (SSSR count). The van der Waals surface area contributed by atoms with E-state index in [1.807, 2.05) is 0 Å². The first-order valence-electron chi connectivity index (χ1n) is 9.75. The fourth-order valence-corrected chi connectivity index (χ4v) is 3.31. The van der Waals surface area contributed by atoms with E-state index in [0.717, 1.165) is 34.8 Å². The monoisotopic (exact) mass is 465 g/mol. The lowest BCUT2D eigenvalue weighted by atomic mass is 10.1. The number of urea groups is 1. The second kappa shape index (κ2) is 7.95. The number of hydrogen-bond donors (Lipinski definition) is 2. The Hall–Kier alpha value is -3.81. The summed E-state index contributed by atoms with van der Waals surface area (Å²) in [5.74, 6) is -1.88. The molecule has 33 heavy (non-hydrogen) atoms. The first-order valence-corrected chi connectivity index (χ1v) is 9.75. The van der Waals surface area contributed by atoms with Crippen molar-refractivity contribution in [2.45, 2.75) is 31.2 Å². The molecule has 2 aromatic rings. The molecular weight excluding hydrogens is 447 g/mol. The zero-order valence-electron chi connectivity index (χ0n) is 17.0. The summed E-state index contributed by atoms with van der Waals surface area (Å²) in [6.45, 7) is 2.36. The number of halogens is 3. The number of β-amino-alcohol motifs (C(OH)–C–C–N with tert-alkyl or cyclic N) is 1. The molecule has 11 nitrogen and oxygen atoms in total. The molecule has 1 unspecified atom stereocenters. The van der Waals surface area contributed by atoms with Gasteiger partial charge in [-0.1, -0.05) is 6.58 Å². The lowest BCUT2D eigenvalue weighted by Crippen LogP contribution is -2.40. The molecule has 4 amide bonds. The van der Waals surface area contributed by atoms with Crippen LogP contribution in [0.3, 0.4) is 0 Å². The van der Waals surface area contributed by atoms with Crippen LogP contribution in [0.2, 0.25) is 0 Å². The van der Waals surface area contributed by atoms with E-state index in [2.05, 4.69) is 21.6 Å². The molecule has 14 heteroatoms. The Morgan fingerprint density at radius 2 is 1.97 bits per heavy atom. The van der Waals surface area contributed by atoms with Crippen molar-refractivity contribution in [3.63, 3.8) is 0 Å². The number of hydrogen-bond acceptors (Lipinski definition) is 7. The lowest BCUT2D eigenvalue weighted by Gasteiger charge is -2.19. The lowest BCUT2D eigenvalue weighted by molar-refractivity contribution is -0.141. The molecule has 0 bridgehead atoms. The smallest absolute Gasteiger partial charge is 0.370 e. The molecule has 1 aliphatic carbocycles. The number of nitrogens with two attached hydrogens (primary N) is 1.